The molecule has 0 saturated carbocycles. The zero-order valence-electron chi connectivity index (χ0n) is 15.9. The molecule has 6 nitrogen and oxygen atoms in total. The van der Waals surface area contributed by atoms with Crippen LogP contribution in [0.15, 0.2) is 36.9 Å². The normalized spacial score (nSPS) is 20.8. The molecule has 1 unspecified atom stereocenters. The average Bonchev–Trinajstić information content (AvgIpc) is 3.10. The van der Waals surface area contributed by atoms with Gasteiger partial charge in [0.15, 0.2) is 0 Å². The molecule has 2 aliphatic rings. The molecule has 146 valence electrons. The number of hydrogen-bond donors (Lipinski definition) is 0. The summed E-state index contributed by atoms with van der Waals surface area (Å²) in [6, 6.07) is 7.41. The van der Waals surface area contributed by atoms with E-state index in [4.69, 9.17) is 9.47 Å². The molecule has 2 heterocycles. The van der Waals surface area contributed by atoms with E-state index in [9.17, 15) is 9.59 Å². The lowest BCUT2D eigenvalue weighted by atomic mass is 9.96. The molecule has 1 aromatic carbocycles. The second-order valence-corrected chi connectivity index (χ2v) is 7.20. The fourth-order valence-corrected chi connectivity index (χ4v) is 3.80. The van der Waals surface area contributed by atoms with Crippen molar-refractivity contribution < 1.29 is 19.1 Å². The Labute approximate surface area is 160 Å². The van der Waals surface area contributed by atoms with Crippen LogP contribution in [0.5, 0.6) is 5.75 Å². The summed E-state index contributed by atoms with van der Waals surface area (Å²) in [7, 11) is 1.60. The number of ether oxygens (including phenoxy) is 2. The Morgan fingerprint density at radius 3 is 2.81 bits per heavy atom. The van der Waals surface area contributed by atoms with Crippen molar-refractivity contribution in [3.8, 4) is 5.75 Å². The van der Waals surface area contributed by atoms with Crippen molar-refractivity contribution >= 4 is 17.5 Å². The van der Waals surface area contributed by atoms with Gasteiger partial charge in [-0.2, -0.15) is 0 Å². The number of carbonyl (C=O) groups is 2. The zero-order chi connectivity index (χ0) is 19.2. The smallest absolute Gasteiger partial charge is 0.228 e. The molecule has 2 amide bonds. The van der Waals surface area contributed by atoms with Crippen LogP contribution in [0.4, 0.5) is 5.69 Å². The van der Waals surface area contributed by atoms with Gasteiger partial charge in [0.1, 0.15) is 5.75 Å². The minimum absolute atomic E-state index is 0.00526. The van der Waals surface area contributed by atoms with Crippen LogP contribution >= 0.6 is 0 Å². The summed E-state index contributed by atoms with van der Waals surface area (Å²) in [5.41, 5.74) is 0.785. The molecule has 0 radical (unpaired) electrons. The Morgan fingerprint density at radius 2 is 2.11 bits per heavy atom. The van der Waals surface area contributed by atoms with Gasteiger partial charge in [-0.25, -0.2) is 0 Å². The lowest BCUT2D eigenvalue weighted by Gasteiger charge is -2.33. The molecule has 2 aliphatic heterocycles. The fourth-order valence-electron chi connectivity index (χ4n) is 3.80. The highest BCUT2D eigenvalue weighted by molar-refractivity contribution is 6.00. The van der Waals surface area contributed by atoms with Crippen LogP contribution in [-0.4, -0.2) is 56.7 Å². The third kappa shape index (κ3) is 4.69. The molecular formula is C21H28N2O4. The molecular weight excluding hydrogens is 344 g/mol. The van der Waals surface area contributed by atoms with Crippen LogP contribution < -0.4 is 9.64 Å². The van der Waals surface area contributed by atoms with Gasteiger partial charge in [-0.05, 0) is 30.9 Å². The molecule has 1 atom stereocenters. The number of nitrogens with zero attached hydrogens (tertiary/aromatic N) is 2. The number of carbonyl (C=O) groups excluding carboxylic acids is 2. The van der Waals surface area contributed by atoms with Gasteiger partial charge in [0.2, 0.25) is 11.8 Å². The average molecular weight is 372 g/mol. The van der Waals surface area contributed by atoms with E-state index in [2.05, 4.69) is 6.58 Å². The maximum Gasteiger partial charge on any atom is 0.228 e. The number of methoxy groups -OCH3 is 1. The predicted octanol–water partition coefficient (Wildman–Crippen LogP) is 2.49. The van der Waals surface area contributed by atoms with Crippen LogP contribution in [0, 0.1) is 11.8 Å². The molecule has 0 N–H and O–H groups in total. The summed E-state index contributed by atoms with van der Waals surface area (Å²) < 4.78 is 10.8. The lowest BCUT2D eigenvalue weighted by molar-refractivity contribution is -0.137. The van der Waals surface area contributed by atoms with Crippen molar-refractivity contribution in [3.63, 3.8) is 0 Å². The van der Waals surface area contributed by atoms with E-state index < -0.39 is 0 Å². The van der Waals surface area contributed by atoms with Crippen LogP contribution in [-0.2, 0) is 14.3 Å². The van der Waals surface area contributed by atoms with Crippen LogP contribution in [0.3, 0.4) is 0 Å². The lowest BCUT2D eigenvalue weighted by Crippen LogP contribution is -2.43. The Morgan fingerprint density at radius 1 is 1.33 bits per heavy atom. The molecule has 0 bridgehead atoms. The van der Waals surface area contributed by atoms with Crippen LogP contribution in [0.2, 0.25) is 0 Å². The summed E-state index contributed by atoms with van der Waals surface area (Å²) in [4.78, 5) is 29.0. The van der Waals surface area contributed by atoms with E-state index >= 15 is 0 Å². The van der Waals surface area contributed by atoms with Crippen molar-refractivity contribution in [1.82, 2.24) is 4.90 Å². The van der Waals surface area contributed by atoms with E-state index in [-0.39, 0.29) is 24.2 Å². The van der Waals surface area contributed by atoms with Gasteiger partial charge >= 0.3 is 0 Å². The SMILES string of the molecule is C=CCOCC1CCN(C(=O)C2CC(=O)N(c3cccc(OC)c3)C2)CC1. The van der Waals surface area contributed by atoms with Crippen molar-refractivity contribution in [2.75, 3.05) is 44.9 Å². The van der Waals surface area contributed by atoms with Crippen molar-refractivity contribution in [1.29, 1.82) is 0 Å². The first-order valence-electron chi connectivity index (χ1n) is 9.54. The Balaban J connectivity index is 1.54. The van der Waals surface area contributed by atoms with E-state index in [0.29, 0.717) is 24.8 Å². The summed E-state index contributed by atoms with van der Waals surface area (Å²) in [5.74, 6) is 1.02. The van der Waals surface area contributed by atoms with E-state index in [1.54, 1.807) is 18.1 Å². The minimum atomic E-state index is -0.266. The molecule has 2 saturated heterocycles. The fraction of sp³-hybridized carbons (Fsp3) is 0.524. The Hall–Kier alpha value is -2.34. The number of likely N-dealkylation sites (tertiary alicyclic amines) is 1. The summed E-state index contributed by atoms with van der Waals surface area (Å²) >= 11 is 0. The molecule has 0 aromatic heterocycles. The number of amides is 2. The number of benzene rings is 1. The van der Waals surface area contributed by atoms with Gasteiger partial charge in [-0.3, -0.25) is 9.59 Å². The monoisotopic (exact) mass is 372 g/mol. The first-order valence-corrected chi connectivity index (χ1v) is 9.54. The van der Waals surface area contributed by atoms with Crippen molar-refractivity contribution in [2.24, 2.45) is 11.8 Å². The summed E-state index contributed by atoms with van der Waals surface area (Å²) in [6.07, 6.45) is 3.93. The summed E-state index contributed by atoms with van der Waals surface area (Å²) in [6.45, 7) is 6.86. The molecule has 6 heteroatoms. The van der Waals surface area contributed by atoms with Crippen LogP contribution in [0.25, 0.3) is 0 Å². The number of rotatable bonds is 7. The highest BCUT2D eigenvalue weighted by Crippen LogP contribution is 2.29. The van der Waals surface area contributed by atoms with Crippen molar-refractivity contribution in [2.45, 2.75) is 19.3 Å². The quantitative estimate of drug-likeness (QED) is 0.545. The van der Waals surface area contributed by atoms with Crippen LogP contribution in [0.1, 0.15) is 19.3 Å². The first-order chi connectivity index (χ1) is 13.1. The number of anilines is 1. The Bertz CT molecular complexity index is 683. The zero-order valence-corrected chi connectivity index (χ0v) is 15.9. The minimum Gasteiger partial charge on any atom is -0.497 e. The van der Waals surface area contributed by atoms with Crippen molar-refractivity contribution in [3.05, 3.63) is 36.9 Å². The molecule has 0 aliphatic carbocycles. The third-order valence-electron chi connectivity index (χ3n) is 5.35. The largest absolute Gasteiger partial charge is 0.497 e. The first kappa shape index (κ1) is 19.4. The molecule has 1 aromatic rings. The standard InChI is InChI=1S/C21H28N2O4/c1-3-11-27-15-16-7-9-22(10-8-16)21(25)17-12-20(24)23(14-17)18-5-4-6-19(13-18)26-2/h3-6,13,16-17H,1,7-12,14-15H2,2H3. The maximum absolute atomic E-state index is 12.9. The topological polar surface area (TPSA) is 59.1 Å². The number of piperidine rings is 1. The van der Waals surface area contributed by atoms with Gasteiger partial charge in [0.05, 0.1) is 19.6 Å². The predicted molar refractivity (Wildman–Crippen MR) is 104 cm³/mol. The molecule has 3 rings (SSSR count). The third-order valence-corrected chi connectivity index (χ3v) is 5.35. The van der Waals surface area contributed by atoms with Gasteiger partial charge in [-0.1, -0.05) is 12.1 Å². The second kappa shape index (κ2) is 9.04. The van der Waals surface area contributed by atoms with Gasteiger partial charge in [0, 0.05) is 44.4 Å². The maximum atomic E-state index is 12.9. The molecule has 0 spiro atoms. The van der Waals surface area contributed by atoms with E-state index in [0.717, 1.165) is 38.2 Å². The van der Waals surface area contributed by atoms with E-state index in [1.807, 2.05) is 29.2 Å². The van der Waals surface area contributed by atoms with Gasteiger partial charge < -0.3 is 19.3 Å². The van der Waals surface area contributed by atoms with Gasteiger partial charge in [-0.15, -0.1) is 6.58 Å². The summed E-state index contributed by atoms with van der Waals surface area (Å²) in [5, 5.41) is 0. The molecule has 2 fully saturated rings. The number of hydrogen-bond acceptors (Lipinski definition) is 4. The molecule has 27 heavy (non-hydrogen) atoms. The Kier molecular flexibility index (Phi) is 6.50. The highest BCUT2D eigenvalue weighted by Gasteiger charge is 2.38. The van der Waals surface area contributed by atoms with E-state index in [1.165, 1.54) is 0 Å². The highest BCUT2D eigenvalue weighted by atomic mass is 16.5. The second-order valence-electron chi connectivity index (χ2n) is 7.20. The van der Waals surface area contributed by atoms with Gasteiger partial charge in [0.25, 0.3) is 0 Å².